The van der Waals surface area contributed by atoms with E-state index in [4.69, 9.17) is 0 Å². The van der Waals surface area contributed by atoms with Gasteiger partial charge in [-0.25, -0.2) is 0 Å². The average Bonchev–Trinajstić information content (AvgIpc) is 2.13. The Morgan fingerprint density at radius 3 is 2.50 bits per heavy atom. The third kappa shape index (κ3) is 6.88. The predicted octanol–water partition coefficient (Wildman–Crippen LogP) is 4.13. The summed E-state index contributed by atoms with van der Waals surface area (Å²) in [5.74, 6) is 0.686. The first-order valence-electron chi connectivity index (χ1n) is 5.74. The molecular formula is C13H24O. The lowest BCUT2D eigenvalue weighted by molar-refractivity contribution is -0.122. The van der Waals surface area contributed by atoms with Crippen molar-refractivity contribution < 1.29 is 4.79 Å². The minimum atomic E-state index is 0.247. The predicted molar refractivity (Wildman–Crippen MR) is 62.4 cm³/mol. The van der Waals surface area contributed by atoms with Crippen LogP contribution in [0.2, 0.25) is 0 Å². The van der Waals surface area contributed by atoms with Crippen LogP contribution in [0.25, 0.3) is 0 Å². The van der Waals surface area contributed by atoms with Gasteiger partial charge in [0.25, 0.3) is 0 Å². The molecule has 0 aromatic carbocycles. The van der Waals surface area contributed by atoms with E-state index in [0.29, 0.717) is 5.78 Å². The lowest BCUT2D eigenvalue weighted by Gasteiger charge is -2.08. The molecule has 82 valence electrons. The summed E-state index contributed by atoms with van der Waals surface area (Å²) in [6.07, 6.45) is 7.20. The lowest BCUT2D eigenvalue weighted by Crippen LogP contribution is -2.10. The summed E-state index contributed by atoms with van der Waals surface area (Å²) in [5, 5.41) is 0. The van der Waals surface area contributed by atoms with Crippen molar-refractivity contribution in [3.05, 3.63) is 11.6 Å². The van der Waals surface area contributed by atoms with Crippen LogP contribution in [0.4, 0.5) is 0 Å². The zero-order chi connectivity index (χ0) is 11.0. The van der Waals surface area contributed by atoms with Gasteiger partial charge < -0.3 is 0 Å². The van der Waals surface area contributed by atoms with Crippen molar-refractivity contribution in [1.29, 1.82) is 0 Å². The monoisotopic (exact) mass is 196 g/mol. The van der Waals surface area contributed by atoms with Crippen molar-refractivity contribution in [1.82, 2.24) is 0 Å². The molecule has 0 rings (SSSR count). The van der Waals surface area contributed by atoms with Gasteiger partial charge in [0.05, 0.1) is 0 Å². The summed E-state index contributed by atoms with van der Waals surface area (Å²) in [6, 6.07) is 0. The van der Waals surface area contributed by atoms with Crippen molar-refractivity contribution in [2.24, 2.45) is 5.92 Å². The Bertz CT molecular complexity index is 187. The van der Waals surface area contributed by atoms with Gasteiger partial charge in [-0.2, -0.15) is 0 Å². The van der Waals surface area contributed by atoms with E-state index >= 15 is 0 Å². The summed E-state index contributed by atoms with van der Waals surface area (Å²) in [6.45, 7) is 8.38. The Morgan fingerprint density at radius 1 is 1.36 bits per heavy atom. The van der Waals surface area contributed by atoms with E-state index in [-0.39, 0.29) is 5.92 Å². The Balaban J connectivity index is 3.67. The highest BCUT2D eigenvalue weighted by Crippen LogP contribution is 2.12. The largest absolute Gasteiger partial charge is 0.299 e. The van der Waals surface area contributed by atoms with Gasteiger partial charge in [-0.1, -0.05) is 31.9 Å². The molecule has 0 saturated heterocycles. The van der Waals surface area contributed by atoms with Crippen LogP contribution in [0.3, 0.4) is 0 Å². The number of rotatable bonds is 7. The van der Waals surface area contributed by atoms with Crippen LogP contribution < -0.4 is 0 Å². The average molecular weight is 196 g/mol. The van der Waals surface area contributed by atoms with Gasteiger partial charge in [0.1, 0.15) is 5.78 Å². The number of ketones is 1. The van der Waals surface area contributed by atoms with E-state index in [1.165, 1.54) is 5.57 Å². The minimum Gasteiger partial charge on any atom is -0.299 e. The van der Waals surface area contributed by atoms with Gasteiger partial charge in [-0.15, -0.1) is 0 Å². The SMILES string of the molecule is CCCCC(=O)C(C)CCC=C(C)C. The fraction of sp³-hybridized carbons (Fsp3) is 0.769. The van der Waals surface area contributed by atoms with E-state index in [1.54, 1.807) is 0 Å². The summed E-state index contributed by atoms with van der Waals surface area (Å²) in [7, 11) is 0. The molecule has 0 radical (unpaired) electrons. The minimum absolute atomic E-state index is 0.247. The third-order valence-corrected chi connectivity index (χ3v) is 2.48. The van der Waals surface area contributed by atoms with Gasteiger partial charge >= 0.3 is 0 Å². The summed E-state index contributed by atoms with van der Waals surface area (Å²) < 4.78 is 0. The van der Waals surface area contributed by atoms with Crippen LogP contribution in [0.5, 0.6) is 0 Å². The van der Waals surface area contributed by atoms with Crippen molar-refractivity contribution in [3.8, 4) is 0 Å². The van der Waals surface area contributed by atoms with E-state index in [0.717, 1.165) is 32.1 Å². The molecule has 0 bridgehead atoms. The highest BCUT2D eigenvalue weighted by atomic mass is 16.1. The first-order chi connectivity index (χ1) is 6.57. The van der Waals surface area contributed by atoms with E-state index in [9.17, 15) is 4.79 Å². The van der Waals surface area contributed by atoms with Crippen LogP contribution in [-0.2, 0) is 4.79 Å². The molecule has 0 spiro atoms. The second-order valence-electron chi connectivity index (χ2n) is 4.33. The van der Waals surface area contributed by atoms with Gasteiger partial charge in [0, 0.05) is 12.3 Å². The number of hydrogen-bond acceptors (Lipinski definition) is 1. The molecule has 0 N–H and O–H groups in total. The van der Waals surface area contributed by atoms with Crippen molar-refractivity contribution in [2.75, 3.05) is 0 Å². The molecule has 0 aliphatic carbocycles. The Kier molecular flexibility index (Phi) is 7.45. The molecule has 0 fully saturated rings. The molecule has 1 atom stereocenters. The number of hydrogen-bond donors (Lipinski definition) is 0. The molecule has 1 unspecified atom stereocenters. The first kappa shape index (κ1) is 13.4. The van der Waals surface area contributed by atoms with Gasteiger partial charge in [-0.05, 0) is 33.1 Å². The molecule has 0 aliphatic heterocycles. The second-order valence-corrected chi connectivity index (χ2v) is 4.33. The number of carbonyl (C=O) groups excluding carboxylic acids is 1. The van der Waals surface area contributed by atoms with Crippen LogP contribution in [0.1, 0.15) is 59.8 Å². The van der Waals surface area contributed by atoms with Crippen LogP contribution in [0.15, 0.2) is 11.6 Å². The molecule has 0 aromatic rings. The Hall–Kier alpha value is -0.590. The quantitative estimate of drug-likeness (QED) is 0.560. The summed E-state index contributed by atoms with van der Waals surface area (Å²) >= 11 is 0. The molecule has 1 nitrogen and oxygen atoms in total. The highest BCUT2D eigenvalue weighted by Gasteiger charge is 2.10. The van der Waals surface area contributed by atoms with Gasteiger partial charge in [0.2, 0.25) is 0 Å². The zero-order valence-electron chi connectivity index (χ0n) is 10.1. The molecular weight excluding hydrogens is 172 g/mol. The maximum atomic E-state index is 11.6. The summed E-state index contributed by atoms with van der Waals surface area (Å²) in [4.78, 5) is 11.6. The van der Waals surface area contributed by atoms with Gasteiger partial charge in [0.15, 0.2) is 0 Å². The highest BCUT2D eigenvalue weighted by molar-refractivity contribution is 5.80. The molecule has 0 heterocycles. The van der Waals surface area contributed by atoms with E-state index in [1.807, 2.05) is 0 Å². The number of unbranched alkanes of at least 4 members (excludes halogenated alkanes) is 1. The number of allylic oxidation sites excluding steroid dienone is 2. The maximum absolute atomic E-state index is 11.6. The lowest BCUT2D eigenvalue weighted by atomic mass is 9.96. The van der Waals surface area contributed by atoms with Crippen LogP contribution >= 0.6 is 0 Å². The molecule has 1 heteroatoms. The smallest absolute Gasteiger partial charge is 0.135 e. The van der Waals surface area contributed by atoms with E-state index in [2.05, 4.69) is 33.8 Å². The topological polar surface area (TPSA) is 17.1 Å². The molecule has 0 amide bonds. The standard InChI is InChI=1S/C13H24O/c1-5-6-10-13(14)12(4)9-7-8-11(2)3/h8,12H,5-7,9-10H2,1-4H3. The molecule has 14 heavy (non-hydrogen) atoms. The van der Waals surface area contributed by atoms with Crippen LogP contribution in [0, 0.1) is 5.92 Å². The third-order valence-electron chi connectivity index (χ3n) is 2.48. The molecule has 0 saturated carbocycles. The van der Waals surface area contributed by atoms with E-state index < -0.39 is 0 Å². The fourth-order valence-electron chi connectivity index (χ4n) is 1.38. The Morgan fingerprint density at radius 2 is 2.00 bits per heavy atom. The number of Topliss-reactive ketones (excluding diaryl/α,β-unsaturated/α-hetero) is 1. The second kappa shape index (κ2) is 7.78. The zero-order valence-corrected chi connectivity index (χ0v) is 10.1. The fourth-order valence-corrected chi connectivity index (χ4v) is 1.38. The normalized spacial score (nSPS) is 12.3. The van der Waals surface area contributed by atoms with Crippen molar-refractivity contribution >= 4 is 5.78 Å². The Labute approximate surface area is 88.6 Å². The maximum Gasteiger partial charge on any atom is 0.135 e. The van der Waals surface area contributed by atoms with Crippen molar-refractivity contribution in [2.45, 2.75) is 59.8 Å². The van der Waals surface area contributed by atoms with Gasteiger partial charge in [-0.3, -0.25) is 4.79 Å². The van der Waals surface area contributed by atoms with Crippen molar-refractivity contribution in [3.63, 3.8) is 0 Å². The molecule has 0 aromatic heterocycles. The summed E-state index contributed by atoms with van der Waals surface area (Å²) in [5.41, 5.74) is 1.35. The number of carbonyl (C=O) groups is 1. The molecule has 0 aliphatic rings. The first-order valence-corrected chi connectivity index (χ1v) is 5.74. The van der Waals surface area contributed by atoms with Crippen LogP contribution in [-0.4, -0.2) is 5.78 Å².